The summed E-state index contributed by atoms with van der Waals surface area (Å²) in [6, 6.07) is 2.76. The third-order valence-corrected chi connectivity index (χ3v) is 4.42. The molecule has 0 radical (unpaired) electrons. The van der Waals surface area contributed by atoms with Crippen molar-refractivity contribution in [2.75, 3.05) is 26.2 Å². The highest BCUT2D eigenvalue weighted by Crippen LogP contribution is 2.36. The van der Waals surface area contributed by atoms with Crippen molar-refractivity contribution in [1.29, 1.82) is 0 Å². The highest BCUT2D eigenvalue weighted by Gasteiger charge is 2.34. The lowest BCUT2D eigenvalue weighted by Gasteiger charge is -2.39. The fraction of sp³-hybridized carbons (Fsp3) is 0.647. The largest absolute Gasteiger partial charge is 0.416 e. The van der Waals surface area contributed by atoms with Gasteiger partial charge in [-0.3, -0.25) is 4.90 Å². The van der Waals surface area contributed by atoms with Crippen LogP contribution in [-0.2, 0) is 6.18 Å². The van der Waals surface area contributed by atoms with Gasteiger partial charge in [-0.05, 0) is 36.1 Å². The standard InChI is InChI=1S/C17H24F4N2.ClH/c1-3-4-12(2)16(23-7-5-22-6-8-23)13-9-14(17(19,20)21)11-15(18)10-13;/h9-12,16,22H,3-8H2,1-2H3;1H/t12?,16-;/m0./s1. The zero-order chi connectivity index (χ0) is 17.0. The van der Waals surface area contributed by atoms with Gasteiger partial charge in [0.05, 0.1) is 5.56 Å². The van der Waals surface area contributed by atoms with Gasteiger partial charge >= 0.3 is 6.18 Å². The van der Waals surface area contributed by atoms with Gasteiger partial charge in [-0.1, -0.05) is 20.3 Å². The van der Waals surface area contributed by atoms with E-state index >= 15 is 0 Å². The first kappa shape index (κ1) is 21.2. The molecule has 1 N–H and O–H groups in total. The molecular weight excluding hydrogens is 344 g/mol. The van der Waals surface area contributed by atoms with Crippen LogP contribution in [-0.4, -0.2) is 31.1 Å². The first-order valence-electron chi connectivity index (χ1n) is 8.15. The molecule has 1 aliphatic rings. The second kappa shape index (κ2) is 9.02. The van der Waals surface area contributed by atoms with Gasteiger partial charge in [0.1, 0.15) is 5.82 Å². The monoisotopic (exact) mass is 368 g/mol. The minimum absolute atomic E-state index is 0. The quantitative estimate of drug-likeness (QED) is 0.761. The molecular formula is C17H25ClF4N2. The summed E-state index contributed by atoms with van der Waals surface area (Å²) in [4.78, 5) is 2.17. The van der Waals surface area contributed by atoms with Crippen LogP contribution in [0.2, 0.25) is 0 Å². The molecule has 1 unspecified atom stereocenters. The minimum atomic E-state index is -4.53. The second-order valence-corrected chi connectivity index (χ2v) is 6.27. The summed E-state index contributed by atoms with van der Waals surface area (Å²) < 4.78 is 52.8. The molecule has 0 aliphatic carbocycles. The Hall–Kier alpha value is -0.850. The van der Waals surface area contributed by atoms with Crippen LogP contribution in [0, 0.1) is 11.7 Å². The molecule has 0 aromatic heterocycles. The lowest BCUT2D eigenvalue weighted by atomic mass is 9.88. The van der Waals surface area contributed by atoms with Gasteiger partial charge in [0, 0.05) is 32.2 Å². The van der Waals surface area contributed by atoms with Crippen LogP contribution in [0.3, 0.4) is 0 Å². The highest BCUT2D eigenvalue weighted by molar-refractivity contribution is 5.85. The van der Waals surface area contributed by atoms with Crippen LogP contribution in [0.15, 0.2) is 18.2 Å². The fourth-order valence-corrected chi connectivity index (χ4v) is 3.42. The molecule has 0 spiro atoms. The highest BCUT2D eigenvalue weighted by atomic mass is 35.5. The summed E-state index contributed by atoms with van der Waals surface area (Å²) in [6.45, 7) is 7.22. The Morgan fingerprint density at radius 2 is 1.79 bits per heavy atom. The van der Waals surface area contributed by atoms with Crippen LogP contribution in [0.1, 0.15) is 43.9 Å². The average Bonchev–Trinajstić information content (AvgIpc) is 2.47. The molecule has 24 heavy (non-hydrogen) atoms. The third kappa shape index (κ3) is 5.33. The molecule has 0 bridgehead atoms. The van der Waals surface area contributed by atoms with Crippen molar-refractivity contribution in [3.05, 3.63) is 35.1 Å². The molecule has 1 heterocycles. The third-order valence-electron chi connectivity index (χ3n) is 4.42. The Bertz CT molecular complexity index is 516. The van der Waals surface area contributed by atoms with E-state index in [1.807, 2.05) is 6.92 Å². The maximum Gasteiger partial charge on any atom is 0.416 e. The van der Waals surface area contributed by atoms with Crippen LogP contribution in [0.4, 0.5) is 17.6 Å². The van der Waals surface area contributed by atoms with Crippen LogP contribution < -0.4 is 5.32 Å². The zero-order valence-corrected chi connectivity index (χ0v) is 14.8. The molecule has 7 heteroatoms. The van der Waals surface area contributed by atoms with E-state index in [2.05, 4.69) is 17.1 Å². The van der Waals surface area contributed by atoms with Crippen LogP contribution in [0.25, 0.3) is 0 Å². The summed E-state index contributed by atoms with van der Waals surface area (Å²) >= 11 is 0. The Labute approximate surface area is 147 Å². The molecule has 1 fully saturated rings. The van der Waals surface area contributed by atoms with E-state index < -0.39 is 17.6 Å². The van der Waals surface area contributed by atoms with E-state index in [0.717, 1.165) is 45.1 Å². The number of hydrogen-bond donors (Lipinski definition) is 1. The van der Waals surface area contributed by atoms with Crippen molar-refractivity contribution in [3.8, 4) is 0 Å². The summed E-state index contributed by atoms with van der Waals surface area (Å²) in [5, 5.41) is 3.24. The topological polar surface area (TPSA) is 15.3 Å². The molecule has 1 aliphatic heterocycles. The maximum atomic E-state index is 13.8. The number of benzene rings is 1. The molecule has 2 rings (SSSR count). The molecule has 0 saturated carbocycles. The summed E-state index contributed by atoms with van der Waals surface area (Å²) in [5.74, 6) is -0.653. The Kier molecular flexibility index (Phi) is 7.96. The minimum Gasteiger partial charge on any atom is -0.314 e. The van der Waals surface area contributed by atoms with Gasteiger partial charge in [0.2, 0.25) is 0 Å². The number of rotatable bonds is 5. The van der Waals surface area contributed by atoms with Crippen LogP contribution >= 0.6 is 12.4 Å². The molecule has 138 valence electrons. The Morgan fingerprint density at radius 3 is 2.33 bits per heavy atom. The molecule has 1 aromatic carbocycles. The number of piperazine rings is 1. The van der Waals surface area contributed by atoms with Crippen molar-refractivity contribution >= 4 is 12.4 Å². The van der Waals surface area contributed by atoms with Crippen molar-refractivity contribution in [1.82, 2.24) is 10.2 Å². The predicted molar refractivity (Wildman–Crippen MR) is 89.9 cm³/mol. The zero-order valence-electron chi connectivity index (χ0n) is 14.0. The van der Waals surface area contributed by atoms with Gasteiger partial charge in [0.25, 0.3) is 0 Å². The Balaban J connectivity index is 0.00000288. The van der Waals surface area contributed by atoms with Gasteiger partial charge < -0.3 is 5.32 Å². The summed E-state index contributed by atoms with van der Waals surface area (Å²) in [5.41, 5.74) is -0.475. The van der Waals surface area contributed by atoms with Crippen LogP contribution in [0.5, 0.6) is 0 Å². The SMILES string of the molecule is CCCC(C)[C@@H](c1cc(F)cc(C(F)(F)F)c1)N1CCNCC1.Cl. The number of halogens is 5. The fourth-order valence-electron chi connectivity index (χ4n) is 3.42. The van der Waals surface area contributed by atoms with E-state index in [4.69, 9.17) is 0 Å². The normalized spacial score (nSPS) is 18.8. The average molecular weight is 369 g/mol. The molecule has 1 saturated heterocycles. The summed E-state index contributed by atoms with van der Waals surface area (Å²) in [7, 11) is 0. The van der Waals surface area contributed by atoms with Gasteiger partial charge in [0.15, 0.2) is 0 Å². The molecule has 2 atom stereocenters. The van der Waals surface area contributed by atoms with Gasteiger partial charge in [-0.15, -0.1) is 12.4 Å². The second-order valence-electron chi connectivity index (χ2n) is 6.27. The molecule has 0 amide bonds. The molecule has 2 nitrogen and oxygen atoms in total. The van der Waals surface area contributed by atoms with Crippen molar-refractivity contribution in [2.45, 2.75) is 38.9 Å². The van der Waals surface area contributed by atoms with Crippen molar-refractivity contribution < 1.29 is 17.6 Å². The van der Waals surface area contributed by atoms with Crippen molar-refractivity contribution in [3.63, 3.8) is 0 Å². The number of nitrogens with zero attached hydrogens (tertiary/aromatic N) is 1. The summed E-state index contributed by atoms with van der Waals surface area (Å²) in [6.07, 6.45) is -2.68. The van der Waals surface area contributed by atoms with Crippen molar-refractivity contribution in [2.24, 2.45) is 5.92 Å². The van der Waals surface area contributed by atoms with E-state index in [1.54, 1.807) is 0 Å². The van der Waals surface area contributed by atoms with E-state index in [1.165, 1.54) is 6.07 Å². The lowest BCUT2D eigenvalue weighted by molar-refractivity contribution is -0.137. The van der Waals surface area contributed by atoms with E-state index in [-0.39, 0.29) is 24.4 Å². The number of alkyl halides is 3. The molecule has 1 aromatic rings. The first-order valence-corrected chi connectivity index (χ1v) is 8.15. The predicted octanol–water partition coefficient (Wildman–Crippen LogP) is 4.65. The van der Waals surface area contributed by atoms with Gasteiger partial charge in [-0.2, -0.15) is 13.2 Å². The number of hydrogen-bond acceptors (Lipinski definition) is 2. The van der Waals surface area contributed by atoms with E-state index in [0.29, 0.717) is 11.6 Å². The van der Waals surface area contributed by atoms with Gasteiger partial charge in [-0.25, -0.2) is 4.39 Å². The first-order chi connectivity index (χ1) is 10.8. The lowest BCUT2D eigenvalue weighted by Crippen LogP contribution is -2.46. The number of nitrogens with one attached hydrogen (secondary N) is 1. The Morgan fingerprint density at radius 1 is 1.17 bits per heavy atom. The van der Waals surface area contributed by atoms with E-state index in [9.17, 15) is 17.6 Å². The maximum absolute atomic E-state index is 13.8. The smallest absolute Gasteiger partial charge is 0.314 e.